The van der Waals surface area contributed by atoms with Crippen LogP contribution in [-0.4, -0.2) is 37.2 Å². The molecule has 0 spiro atoms. The highest BCUT2D eigenvalue weighted by Gasteiger charge is 2.19. The van der Waals surface area contributed by atoms with Crippen LogP contribution in [0.2, 0.25) is 0 Å². The van der Waals surface area contributed by atoms with E-state index in [0.717, 1.165) is 64.2 Å². The summed E-state index contributed by atoms with van der Waals surface area (Å²) in [4.78, 5) is 38.1. The first-order valence-corrected chi connectivity index (χ1v) is 30.8. The molecule has 0 saturated heterocycles. The summed E-state index contributed by atoms with van der Waals surface area (Å²) in [5, 5.41) is 0. The average molecular weight is 972 g/mol. The molecule has 6 heteroatoms. The van der Waals surface area contributed by atoms with Crippen LogP contribution in [-0.2, 0) is 28.6 Å². The number of unbranched alkanes of at least 4 members (excludes halogenated alkanes) is 42. The van der Waals surface area contributed by atoms with E-state index in [9.17, 15) is 14.4 Å². The molecule has 0 aromatic carbocycles. The third kappa shape index (κ3) is 56.7. The van der Waals surface area contributed by atoms with Crippen molar-refractivity contribution in [2.24, 2.45) is 0 Å². The predicted molar refractivity (Wildman–Crippen MR) is 298 cm³/mol. The van der Waals surface area contributed by atoms with E-state index in [-0.39, 0.29) is 31.1 Å². The van der Waals surface area contributed by atoms with Crippen LogP contribution in [0.4, 0.5) is 0 Å². The molecule has 0 N–H and O–H groups in total. The molecule has 0 aliphatic carbocycles. The highest BCUT2D eigenvalue weighted by atomic mass is 16.6. The summed E-state index contributed by atoms with van der Waals surface area (Å²) in [6.07, 6.45) is 69.0. The molecule has 406 valence electrons. The lowest BCUT2D eigenvalue weighted by Crippen LogP contribution is -2.30. The number of carbonyl (C=O) groups excluding carboxylic acids is 3. The van der Waals surface area contributed by atoms with E-state index >= 15 is 0 Å². The molecule has 0 rings (SSSR count). The van der Waals surface area contributed by atoms with Crippen molar-refractivity contribution in [3.63, 3.8) is 0 Å². The molecular formula is C63H118O6. The van der Waals surface area contributed by atoms with Crippen LogP contribution in [0.25, 0.3) is 0 Å². The van der Waals surface area contributed by atoms with E-state index in [0.29, 0.717) is 19.3 Å². The number of allylic oxidation sites excluding steroid dienone is 4. The van der Waals surface area contributed by atoms with Gasteiger partial charge in [-0.25, -0.2) is 0 Å². The molecule has 0 fully saturated rings. The van der Waals surface area contributed by atoms with Crippen molar-refractivity contribution in [2.45, 2.75) is 348 Å². The highest BCUT2D eigenvalue weighted by Crippen LogP contribution is 2.17. The van der Waals surface area contributed by atoms with E-state index in [4.69, 9.17) is 14.2 Å². The van der Waals surface area contributed by atoms with Gasteiger partial charge in [-0.05, 0) is 51.4 Å². The summed E-state index contributed by atoms with van der Waals surface area (Å²) in [7, 11) is 0. The van der Waals surface area contributed by atoms with Crippen LogP contribution >= 0.6 is 0 Å². The highest BCUT2D eigenvalue weighted by molar-refractivity contribution is 5.71. The van der Waals surface area contributed by atoms with Crippen molar-refractivity contribution < 1.29 is 28.6 Å². The molecule has 0 aromatic rings. The summed E-state index contributed by atoms with van der Waals surface area (Å²) in [5.41, 5.74) is 0. The molecule has 1 atom stereocenters. The van der Waals surface area contributed by atoms with E-state index in [1.54, 1.807) is 0 Å². The van der Waals surface area contributed by atoms with E-state index < -0.39 is 6.10 Å². The summed E-state index contributed by atoms with van der Waals surface area (Å²) in [6.45, 7) is 6.67. The second-order valence-electron chi connectivity index (χ2n) is 21.0. The maximum Gasteiger partial charge on any atom is 0.306 e. The van der Waals surface area contributed by atoms with Gasteiger partial charge in [-0.1, -0.05) is 295 Å². The van der Waals surface area contributed by atoms with Gasteiger partial charge in [0.05, 0.1) is 0 Å². The molecule has 0 saturated carbocycles. The molecule has 0 bridgehead atoms. The third-order valence-electron chi connectivity index (χ3n) is 14.0. The van der Waals surface area contributed by atoms with Crippen LogP contribution in [0.1, 0.15) is 342 Å². The maximum atomic E-state index is 12.8. The fourth-order valence-electron chi connectivity index (χ4n) is 9.30. The first-order valence-electron chi connectivity index (χ1n) is 30.8. The van der Waals surface area contributed by atoms with Crippen LogP contribution in [0.3, 0.4) is 0 Å². The number of carbonyl (C=O) groups is 3. The monoisotopic (exact) mass is 971 g/mol. The van der Waals surface area contributed by atoms with E-state index in [1.165, 1.54) is 238 Å². The van der Waals surface area contributed by atoms with Crippen molar-refractivity contribution in [3.8, 4) is 0 Å². The first kappa shape index (κ1) is 66.9. The molecule has 1 unspecified atom stereocenters. The molecule has 69 heavy (non-hydrogen) atoms. The minimum atomic E-state index is -0.765. The quantitative estimate of drug-likeness (QED) is 0.0261. The third-order valence-corrected chi connectivity index (χ3v) is 14.0. The number of ether oxygens (including phenoxy) is 3. The Labute approximate surface area is 430 Å². The Morgan fingerprint density at radius 3 is 0.797 bits per heavy atom. The summed E-state index contributed by atoms with van der Waals surface area (Å²) in [6, 6.07) is 0. The first-order chi connectivity index (χ1) is 34.0. The zero-order valence-electron chi connectivity index (χ0n) is 46.6. The average Bonchev–Trinajstić information content (AvgIpc) is 3.35. The Morgan fingerprint density at radius 1 is 0.290 bits per heavy atom. The van der Waals surface area contributed by atoms with Crippen LogP contribution in [0, 0.1) is 0 Å². The van der Waals surface area contributed by atoms with Gasteiger partial charge in [-0.2, -0.15) is 0 Å². The Balaban J connectivity index is 4.15. The van der Waals surface area contributed by atoms with Gasteiger partial charge in [0.2, 0.25) is 0 Å². The lowest BCUT2D eigenvalue weighted by molar-refractivity contribution is -0.167. The minimum absolute atomic E-state index is 0.0655. The molecular weight excluding hydrogens is 853 g/mol. The van der Waals surface area contributed by atoms with Gasteiger partial charge in [0.15, 0.2) is 6.10 Å². The number of hydrogen-bond acceptors (Lipinski definition) is 6. The van der Waals surface area contributed by atoms with Crippen molar-refractivity contribution in [1.29, 1.82) is 0 Å². The smallest absolute Gasteiger partial charge is 0.306 e. The lowest BCUT2D eigenvalue weighted by atomic mass is 10.0. The summed E-state index contributed by atoms with van der Waals surface area (Å²) in [5.74, 6) is -0.845. The van der Waals surface area contributed by atoms with Crippen LogP contribution in [0.15, 0.2) is 24.3 Å². The van der Waals surface area contributed by atoms with Gasteiger partial charge in [0.25, 0.3) is 0 Å². The minimum Gasteiger partial charge on any atom is -0.462 e. The van der Waals surface area contributed by atoms with Crippen molar-refractivity contribution in [3.05, 3.63) is 24.3 Å². The maximum absolute atomic E-state index is 12.8. The van der Waals surface area contributed by atoms with Crippen LogP contribution in [0.5, 0.6) is 0 Å². The number of esters is 3. The molecule has 0 heterocycles. The topological polar surface area (TPSA) is 78.9 Å². The summed E-state index contributed by atoms with van der Waals surface area (Å²) < 4.78 is 16.9. The number of rotatable bonds is 57. The Hall–Kier alpha value is -2.11. The van der Waals surface area contributed by atoms with Crippen molar-refractivity contribution in [1.82, 2.24) is 0 Å². The molecule has 0 amide bonds. The van der Waals surface area contributed by atoms with Gasteiger partial charge in [-0.15, -0.1) is 0 Å². The fourth-order valence-corrected chi connectivity index (χ4v) is 9.30. The van der Waals surface area contributed by atoms with Gasteiger partial charge < -0.3 is 14.2 Å². The van der Waals surface area contributed by atoms with E-state index in [1.807, 2.05) is 0 Å². The normalized spacial score (nSPS) is 12.1. The summed E-state index contributed by atoms with van der Waals surface area (Å²) >= 11 is 0. The second kappa shape index (κ2) is 58.5. The largest absolute Gasteiger partial charge is 0.462 e. The lowest BCUT2D eigenvalue weighted by Gasteiger charge is -2.18. The predicted octanol–water partition coefficient (Wildman–Crippen LogP) is 20.7. The van der Waals surface area contributed by atoms with Gasteiger partial charge in [0.1, 0.15) is 13.2 Å². The van der Waals surface area contributed by atoms with E-state index in [2.05, 4.69) is 45.1 Å². The zero-order chi connectivity index (χ0) is 50.0. The standard InChI is InChI=1S/C63H118O6/c1-4-7-10-13-16-19-21-23-25-27-28-29-30-31-32-33-34-36-37-39-41-44-47-50-53-56-62(65)68-59-60(58-67-61(64)55-52-49-46-43-18-15-12-9-6-3)69-63(66)57-54-51-48-45-42-40-38-35-26-24-22-20-17-14-11-8-5-2/h21,23,27-28,60H,4-20,22,24-26,29-59H2,1-3H3/b23-21-,28-27-. The second-order valence-corrected chi connectivity index (χ2v) is 21.0. The Kier molecular flexibility index (Phi) is 56.7. The Morgan fingerprint density at radius 2 is 0.522 bits per heavy atom. The zero-order valence-corrected chi connectivity index (χ0v) is 46.6. The molecule has 0 aliphatic rings. The molecule has 6 nitrogen and oxygen atoms in total. The van der Waals surface area contributed by atoms with Crippen molar-refractivity contribution in [2.75, 3.05) is 13.2 Å². The van der Waals surface area contributed by atoms with Gasteiger partial charge in [-0.3, -0.25) is 14.4 Å². The molecule has 0 aromatic heterocycles. The molecule has 0 aliphatic heterocycles. The van der Waals surface area contributed by atoms with Crippen molar-refractivity contribution >= 4 is 17.9 Å². The molecule has 0 radical (unpaired) electrons. The van der Waals surface area contributed by atoms with Crippen LogP contribution < -0.4 is 0 Å². The Bertz CT molecular complexity index is 1110. The SMILES string of the molecule is CCCCCCC/C=C\C/C=C\CCCCCCCCCCCCCCCC(=O)OCC(COC(=O)CCCCCCCCCCC)OC(=O)CCCCCCCCCCCCCCCCCCC. The van der Waals surface area contributed by atoms with Gasteiger partial charge in [0, 0.05) is 19.3 Å². The number of hydrogen-bond donors (Lipinski definition) is 0. The fraction of sp³-hybridized carbons (Fsp3) is 0.889. The van der Waals surface area contributed by atoms with Gasteiger partial charge >= 0.3 is 17.9 Å².